The topological polar surface area (TPSA) is 89.6 Å². The summed E-state index contributed by atoms with van der Waals surface area (Å²) in [5.74, 6) is 0. The van der Waals surface area contributed by atoms with Crippen molar-refractivity contribution in [2.45, 2.75) is 5.52 Å². The summed E-state index contributed by atoms with van der Waals surface area (Å²) < 4.78 is 25.5. The summed E-state index contributed by atoms with van der Waals surface area (Å²) in [6, 6.07) is 0. The van der Waals surface area contributed by atoms with E-state index in [9.17, 15) is 9.13 Å². The van der Waals surface area contributed by atoms with Crippen molar-refractivity contribution in [3.8, 4) is 0 Å². The maximum absolute atomic E-state index is 10.8. The van der Waals surface area contributed by atoms with E-state index in [-0.39, 0.29) is 6.61 Å². The quantitative estimate of drug-likeness (QED) is 0.504. The summed E-state index contributed by atoms with van der Waals surface area (Å²) in [6.45, 7) is 3.37. The zero-order valence-corrected chi connectivity index (χ0v) is 7.50. The van der Waals surface area contributed by atoms with Crippen LogP contribution in [0, 0.1) is 0 Å². The van der Waals surface area contributed by atoms with Gasteiger partial charge >= 0.3 is 21.6 Å². The first-order chi connectivity index (χ1) is 5.09. The van der Waals surface area contributed by atoms with Gasteiger partial charge in [0.1, 0.15) is 6.61 Å². The molecule has 0 aromatic heterocycles. The summed E-state index contributed by atoms with van der Waals surface area (Å²) in [7, 11) is -4.90. The highest BCUT2D eigenvalue weighted by molar-refractivity contribution is 7.58. The predicted molar refractivity (Wildman–Crippen MR) is 41.6 cm³/mol. The predicted octanol–water partition coefficient (Wildman–Crippen LogP) is 0.908. The molecule has 0 heterocycles. The Balaban J connectivity index is 3.82. The third-order valence-corrected chi connectivity index (χ3v) is 3.21. The van der Waals surface area contributed by atoms with Gasteiger partial charge in [0.15, 0.2) is 0 Å². The minimum atomic E-state index is -2.63. The minimum absolute atomic E-state index is 0.0616. The number of nitrogens with two attached hydrogens (primary N) is 1. The Morgan fingerprint density at radius 1 is 1.73 bits per heavy atom. The van der Waals surface area contributed by atoms with E-state index in [1.165, 1.54) is 6.08 Å². The molecule has 0 spiro atoms. The van der Waals surface area contributed by atoms with Crippen LogP contribution < -0.4 is 5.73 Å². The van der Waals surface area contributed by atoms with Gasteiger partial charge in [-0.05, 0) is 9.13 Å². The second-order valence-corrected chi connectivity index (χ2v) is 4.54. The molecule has 0 aliphatic rings. The molecule has 3 unspecified atom stereocenters. The third kappa shape index (κ3) is 4.30. The van der Waals surface area contributed by atoms with E-state index in [4.69, 9.17) is 10.6 Å². The largest absolute Gasteiger partial charge is 0.585 e. The molecule has 3 atom stereocenters. The van der Waals surface area contributed by atoms with Gasteiger partial charge in [-0.1, -0.05) is 6.08 Å². The standard InChI is InChI=1S/C4H8NO4P2/c1-2-3-9-11(8)4(5)10(6)7/h2,4H,1,3,5H2/q+1/p+1. The molecule has 0 amide bonds. The monoisotopic (exact) mass is 197 g/mol. The van der Waals surface area contributed by atoms with Crippen molar-refractivity contribution >= 4 is 16.1 Å². The highest BCUT2D eigenvalue weighted by Crippen LogP contribution is 2.38. The lowest BCUT2D eigenvalue weighted by Crippen LogP contribution is -2.10. The van der Waals surface area contributed by atoms with Gasteiger partial charge in [0.05, 0.1) is 0 Å². The Hall–Kier alpha value is -0.180. The van der Waals surface area contributed by atoms with Crippen molar-refractivity contribution in [2.24, 2.45) is 5.73 Å². The Labute approximate surface area is 66.0 Å². The van der Waals surface area contributed by atoms with Crippen molar-refractivity contribution in [2.75, 3.05) is 6.61 Å². The molecular formula is C4H9NO4P2+2. The fourth-order valence-corrected chi connectivity index (χ4v) is 1.53. The van der Waals surface area contributed by atoms with E-state index in [1.54, 1.807) is 0 Å². The van der Waals surface area contributed by atoms with E-state index in [0.717, 1.165) is 0 Å². The summed E-state index contributed by atoms with van der Waals surface area (Å²) in [4.78, 5) is 8.39. The fraction of sp³-hybridized carbons (Fsp3) is 0.500. The van der Waals surface area contributed by atoms with Gasteiger partial charge in [0.2, 0.25) is 0 Å². The van der Waals surface area contributed by atoms with Gasteiger partial charge in [-0.3, -0.25) is 0 Å². The average molecular weight is 197 g/mol. The van der Waals surface area contributed by atoms with E-state index in [1.807, 2.05) is 0 Å². The van der Waals surface area contributed by atoms with Crippen LogP contribution in [0.4, 0.5) is 0 Å². The lowest BCUT2D eigenvalue weighted by Gasteiger charge is -1.82. The molecular weight excluding hydrogens is 188 g/mol. The van der Waals surface area contributed by atoms with Crippen LogP contribution in [0.5, 0.6) is 0 Å². The normalized spacial score (nSPS) is 15.5. The molecule has 0 bridgehead atoms. The molecule has 0 saturated heterocycles. The lowest BCUT2D eigenvalue weighted by atomic mass is 10.7. The van der Waals surface area contributed by atoms with Crippen molar-refractivity contribution in [3.05, 3.63) is 12.7 Å². The van der Waals surface area contributed by atoms with E-state index >= 15 is 0 Å². The SMILES string of the molecule is C=CCO[P+](=O)C(N)[P+](=O)O. The Kier molecular flexibility index (Phi) is 5.38. The van der Waals surface area contributed by atoms with Crippen molar-refractivity contribution in [1.29, 1.82) is 0 Å². The molecule has 0 fully saturated rings. The van der Waals surface area contributed by atoms with Gasteiger partial charge in [0, 0.05) is 0 Å². The molecule has 62 valence electrons. The highest BCUT2D eigenvalue weighted by Gasteiger charge is 2.46. The van der Waals surface area contributed by atoms with E-state index in [2.05, 4.69) is 11.1 Å². The average Bonchev–Trinajstić information content (AvgIpc) is 1.98. The van der Waals surface area contributed by atoms with E-state index in [0.29, 0.717) is 0 Å². The Morgan fingerprint density at radius 2 is 2.27 bits per heavy atom. The number of hydrogen-bond acceptors (Lipinski definition) is 4. The van der Waals surface area contributed by atoms with Crippen molar-refractivity contribution in [3.63, 3.8) is 0 Å². The molecule has 0 aliphatic heterocycles. The van der Waals surface area contributed by atoms with Crippen LogP contribution in [0.15, 0.2) is 12.7 Å². The van der Waals surface area contributed by atoms with Gasteiger partial charge in [-0.2, -0.15) is 4.89 Å². The third-order valence-electron chi connectivity index (χ3n) is 0.762. The zero-order chi connectivity index (χ0) is 8.85. The molecule has 0 aromatic rings. The summed E-state index contributed by atoms with van der Waals surface area (Å²) in [5, 5.41) is 0. The smallest absolute Gasteiger partial charge is 0.240 e. The second kappa shape index (κ2) is 5.47. The van der Waals surface area contributed by atoms with Crippen molar-refractivity contribution < 1.29 is 18.5 Å². The maximum Gasteiger partial charge on any atom is 0.585 e. The van der Waals surface area contributed by atoms with Gasteiger partial charge in [-0.25, -0.2) is 5.73 Å². The maximum atomic E-state index is 10.8. The zero-order valence-electron chi connectivity index (χ0n) is 5.71. The first kappa shape index (κ1) is 10.8. The summed E-state index contributed by atoms with van der Waals surface area (Å²) in [6.07, 6.45) is 1.38. The number of hydrogen-bond donors (Lipinski definition) is 2. The molecule has 7 heteroatoms. The summed E-state index contributed by atoms with van der Waals surface area (Å²) >= 11 is 0. The van der Waals surface area contributed by atoms with Crippen LogP contribution in [-0.2, 0) is 13.7 Å². The van der Waals surface area contributed by atoms with Gasteiger partial charge in [0.25, 0.3) is 0 Å². The van der Waals surface area contributed by atoms with Crippen molar-refractivity contribution in [1.82, 2.24) is 0 Å². The lowest BCUT2D eigenvalue weighted by molar-refractivity contribution is 0.367. The van der Waals surface area contributed by atoms with Crippen LogP contribution in [0.3, 0.4) is 0 Å². The van der Waals surface area contributed by atoms with Gasteiger partial charge < -0.3 is 0 Å². The van der Waals surface area contributed by atoms with Gasteiger partial charge in [-0.15, -0.1) is 11.1 Å². The van der Waals surface area contributed by atoms with Crippen LogP contribution in [-0.4, -0.2) is 17.0 Å². The molecule has 3 N–H and O–H groups in total. The second-order valence-electron chi connectivity index (χ2n) is 1.59. The molecule has 0 aromatic carbocycles. The molecule has 0 aliphatic carbocycles. The van der Waals surface area contributed by atoms with E-state index < -0.39 is 21.6 Å². The Morgan fingerprint density at radius 3 is 2.64 bits per heavy atom. The molecule has 11 heavy (non-hydrogen) atoms. The van der Waals surface area contributed by atoms with Crippen LogP contribution >= 0.6 is 16.1 Å². The molecule has 5 nitrogen and oxygen atoms in total. The Bertz CT molecular complexity index is 183. The fourth-order valence-electron chi connectivity index (χ4n) is 0.283. The van der Waals surface area contributed by atoms with Crippen LogP contribution in [0.2, 0.25) is 0 Å². The first-order valence-electron chi connectivity index (χ1n) is 2.70. The first-order valence-corrected chi connectivity index (χ1v) is 5.23. The minimum Gasteiger partial charge on any atom is -0.240 e. The highest BCUT2D eigenvalue weighted by atomic mass is 31.2. The summed E-state index contributed by atoms with van der Waals surface area (Å²) in [5.41, 5.74) is 3.72. The molecule has 0 radical (unpaired) electrons. The molecule has 0 rings (SSSR count). The van der Waals surface area contributed by atoms with Crippen LogP contribution in [0.25, 0.3) is 0 Å². The molecule has 0 saturated carbocycles. The number of rotatable bonds is 5. The van der Waals surface area contributed by atoms with Crippen LogP contribution in [0.1, 0.15) is 0 Å².